The molecule has 1 aliphatic heterocycles. The van der Waals surface area contributed by atoms with Crippen molar-refractivity contribution < 1.29 is 13.2 Å². The van der Waals surface area contributed by atoms with Crippen LogP contribution in [0.25, 0.3) is 0 Å². The molecule has 3 rings (SSSR count). The van der Waals surface area contributed by atoms with Gasteiger partial charge in [0, 0.05) is 11.3 Å². The number of carbonyl (C=O) groups excluding carboxylic acids is 1. The molecule has 0 aromatic carbocycles. The van der Waals surface area contributed by atoms with Crippen LogP contribution < -0.4 is 0 Å². The molecule has 1 saturated heterocycles. The van der Waals surface area contributed by atoms with Crippen LogP contribution in [0.2, 0.25) is 0 Å². The second kappa shape index (κ2) is 7.62. The molecule has 3 fully saturated rings. The molecule has 28 heavy (non-hydrogen) atoms. The second-order valence-corrected chi connectivity index (χ2v) is 11.7. The van der Waals surface area contributed by atoms with Gasteiger partial charge in [0.1, 0.15) is 0 Å². The zero-order chi connectivity index (χ0) is 20.7. The number of unbranched alkanes of at least 4 members (excludes halogenated alkanes) is 2. The van der Waals surface area contributed by atoms with Crippen LogP contribution >= 0.6 is 0 Å². The maximum Gasteiger partial charge on any atom is 0.241 e. The zero-order valence-corrected chi connectivity index (χ0v) is 18.6. The van der Waals surface area contributed by atoms with Crippen LogP contribution in [0.5, 0.6) is 0 Å². The number of sulfonamides is 1. The summed E-state index contributed by atoms with van der Waals surface area (Å²) < 4.78 is 28.7. The standard InChI is InChI=1S/C23H37NO3S/c1-6-9-10-13-17(11-7-2)21(25)24-19-16-18-14-15-23(19,22(18,4)5)20(12-8-3)28(24,26)27/h7-8,17-20H,2-3,6,9-16H2,1,4-5H3/t17-,18?,19?,20?,23?/m1/s1. The number of hydrogen-bond acceptors (Lipinski definition) is 3. The monoisotopic (exact) mass is 407 g/mol. The Bertz CT molecular complexity index is 741. The Morgan fingerprint density at radius 1 is 1.25 bits per heavy atom. The smallest absolute Gasteiger partial charge is 0.241 e. The topological polar surface area (TPSA) is 54.5 Å². The van der Waals surface area contributed by atoms with E-state index in [9.17, 15) is 13.2 Å². The number of carbonyl (C=O) groups is 1. The van der Waals surface area contributed by atoms with Gasteiger partial charge in [-0.3, -0.25) is 4.79 Å². The molecule has 0 radical (unpaired) electrons. The normalized spacial score (nSPS) is 35.5. The van der Waals surface area contributed by atoms with Crippen LogP contribution in [0.15, 0.2) is 25.3 Å². The average Bonchev–Trinajstić information content (AvgIpc) is 3.10. The van der Waals surface area contributed by atoms with Crippen LogP contribution in [0, 0.1) is 22.7 Å². The van der Waals surface area contributed by atoms with Gasteiger partial charge in [-0.1, -0.05) is 52.2 Å². The first kappa shape index (κ1) is 21.6. The maximum absolute atomic E-state index is 13.7. The molecular weight excluding hydrogens is 370 g/mol. The summed E-state index contributed by atoms with van der Waals surface area (Å²) in [7, 11) is -3.68. The van der Waals surface area contributed by atoms with Crippen molar-refractivity contribution in [3.05, 3.63) is 25.3 Å². The molecule has 2 aliphatic carbocycles. The van der Waals surface area contributed by atoms with Crippen LogP contribution in [-0.4, -0.2) is 29.9 Å². The highest BCUT2D eigenvalue weighted by Crippen LogP contribution is 2.72. The van der Waals surface area contributed by atoms with E-state index in [1.807, 2.05) is 0 Å². The molecule has 1 spiro atoms. The SMILES string of the molecule is C=CCC1C23CCC(CC2N(C(=O)[C@H](CC=C)CCCCC)S1(=O)=O)C3(C)C. The van der Waals surface area contributed by atoms with E-state index >= 15 is 0 Å². The maximum atomic E-state index is 13.7. The van der Waals surface area contributed by atoms with E-state index in [0.717, 1.165) is 44.9 Å². The highest BCUT2D eigenvalue weighted by atomic mass is 32.2. The fraction of sp³-hybridized carbons (Fsp3) is 0.783. The van der Waals surface area contributed by atoms with Gasteiger partial charge >= 0.3 is 0 Å². The fourth-order valence-corrected chi connectivity index (χ4v) is 9.56. The third-order valence-corrected chi connectivity index (χ3v) is 10.6. The van der Waals surface area contributed by atoms with E-state index in [-0.39, 0.29) is 28.7 Å². The van der Waals surface area contributed by atoms with Crippen molar-refractivity contribution in [2.45, 2.75) is 89.9 Å². The van der Waals surface area contributed by atoms with Crippen LogP contribution in [0.4, 0.5) is 0 Å². The molecule has 0 aromatic heterocycles. The van der Waals surface area contributed by atoms with E-state index in [1.165, 1.54) is 4.31 Å². The van der Waals surface area contributed by atoms with E-state index in [0.29, 0.717) is 18.8 Å². The van der Waals surface area contributed by atoms with Crippen molar-refractivity contribution in [2.24, 2.45) is 22.7 Å². The largest absolute Gasteiger partial charge is 0.273 e. The Kier molecular flexibility index (Phi) is 5.88. The number of hydrogen-bond donors (Lipinski definition) is 0. The third-order valence-electron chi connectivity index (χ3n) is 8.27. The Labute approximate surface area is 171 Å². The molecule has 0 aromatic rings. The van der Waals surface area contributed by atoms with Crippen molar-refractivity contribution in [3.8, 4) is 0 Å². The number of rotatable bonds is 9. The van der Waals surface area contributed by atoms with Gasteiger partial charge in [0.2, 0.25) is 15.9 Å². The zero-order valence-electron chi connectivity index (χ0n) is 17.8. The summed E-state index contributed by atoms with van der Waals surface area (Å²) in [6.07, 6.45) is 11.1. The summed E-state index contributed by atoms with van der Waals surface area (Å²) in [4.78, 5) is 13.6. The number of nitrogens with zero attached hydrogens (tertiary/aromatic N) is 1. The average molecular weight is 408 g/mol. The fourth-order valence-electron chi connectivity index (χ4n) is 6.77. The molecule has 3 aliphatic rings. The molecule has 5 heteroatoms. The lowest BCUT2D eigenvalue weighted by molar-refractivity contribution is -0.133. The first-order chi connectivity index (χ1) is 13.2. The summed E-state index contributed by atoms with van der Waals surface area (Å²) in [5.74, 6) is 0.0319. The van der Waals surface area contributed by atoms with Crippen molar-refractivity contribution in [3.63, 3.8) is 0 Å². The summed E-state index contributed by atoms with van der Waals surface area (Å²) in [5, 5.41) is -0.519. The first-order valence-corrected chi connectivity index (χ1v) is 12.5. The highest BCUT2D eigenvalue weighted by Gasteiger charge is 2.76. The molecule has 158 valence electrons. The summed E-state index contributed by atoms with van der Waals surface area (Å²) in [5.41, 5.74) is -0.397. The molecule has 2 bridgehead atoms. The van der Waals surface area contributed by atoms with Crippen molar-refractivity contribution in [1.29, 1.82) is 0 Å². The van der Waals surface area contributed by atoms with E-state index in [4.69, 9.17) is 0 Å². The lowest BCUT2D eigenvalue weighted by Crippen LogP contribution is -2.47. The Hall–Kier alpha value is -1.10. The predicted molar refractivity (Wildman–Crippen MR) is 114 cm³/mol. The molecule has 4 unspecified atom stereocenters. The van der Waals surface area contributed by atoms with Crippen LogP contribution in [-0.2, 0) is 14.8 Å². The van der Waals surface area contributed by atoms with E-state index < -0.39 is 15.3 Å². The quantitative estimate of drug-likeness (QED) is 0.396. The molecule has 4 nitrogen and oxygen atoms in total. The Morgan fingerprint density at radius 2 is 1.96 bits per heavy atom. The molecule has 2 saturated carbocycles. The van der Waals surface area contributed by atoms with E-state index in [1.54, 1.807) is 12.2 Å². The molecule has 1 heterocycles. The number of allylic oxidation sites excluding steroid dienone is 2. The third kappa shape index (κ3) is 2.83. The summed E-state index contributed by atoms with van der Waals surface area (Å²) in [6, 6.07) is -0.179. The van der Waals surface area contributed by atoms with Gasteiger partial charge in [0.25, 0.3) is 0 Å². The van der Waals surface area contributed by atoms with Gasteiger partial charge in [0.05, 0.1) is 11.3 Å². The van der Waals surface area contributed by atoms with Gasteiger partial charge < -0.3 is 0 Å². The minimum atomic E-state index is -3.68. The van der Waals surface area contributed by atoms with Gasteiger partial charge in [-0.15, -0.1) is 13.2 Å². The summed E-state index contributed by atoms with van der Waals surface area (Å²) in [6.45, 7) is 14.2. The Balaban J connectivity index is 2.00. The van der Waals surface area contributed by atoms with E-state index in [2.05, 4.69) is 33.9 Å². The highest BCUT2D eigenvalue weighted by molar-refractivity contribution is 7.90. The molecule has 5 atom stereocenters. The van der Waals surface area contributed by atoms with Gasteiger partial charge in [-0.25, -0.2) is 12.7 Å². The van der Waals surface area contributed by atoms with Crippen LogP contribution in [0.1, 0.15) is 78.6 Å². The minimum absolute atomic E-state index is 0.0659. The van der Waals surface area contributed by atoms with Gasteiger partial charge in [-0.2, -0.15) is 0 Å². The second-order valence-electron chi connectivity index (χ2n) is 9.66. The van der Waals surface area contributed by atoms with Crippen molar-refractivity contribution >= 4 is 15.9 Å². The lowest BCUT2D eigenvalue weighted by atomic mass is 9.64. The Morgan fingerprint density at radius 3 is 2.54 bits per heavy atom. The minimum Gasteiger partial charge on any atom is -0.273 e. The number of amides is 1. The molecule has 1 amide bonds. The van der Waals surface area contributed by atoms with Crippen molar-refractivity contribution in [2.75, 3.05) is 0 Å². The van der Waals surface area contributed by atoms with Gasteiger partial charge in [0.15, 0.2) is 0 Å². The van der Waals surface area contributed by atoms with Crippen molar-refractivity contribution in [1.82, 2.24) is 4.31 Å². The molecule has 0 N–H and O–H groups in total. The lowest BCUT2D eigenvalue weighted by Gasteiger charge is -2.41. The van der Waals surface area contributed by atoms with Gasteiger partial charge in [-0.05, 0) is 49.9 Å². The first-order valence-electron chi connectivity index (χ1n) is 11.0. The molecular formula is C23H37NO3S. The van der Waals surface area contributed by atoms with Crippen LogP contribution in [0.3, 0.4) is 0 Å². The summed E-state index contributed by atoms with van der Waals surface area (Å²) >= 11 is 0. The number of fused-ring (bicyclic) bond motifs is 1. The predicted octanol–water partition coefficient (Wildman–Crippen LogP) is 5.07.